The highest BCUT2D eigenvalue weighted by Gasteiger charge is 2.35. The number of esters is 1. The van der Waals surface area contributed by atoms with Crippen LogP contribution in [0.3, 0.4) is 0 Å². The molecule has 1 aromatic carbocycles. The van der Waals surface area contributed by atoms with E-state index in [4.69, 9.17) is 10.00 Å². The summed E-state index contributed by atoms with van der Waals surface area (Å²) in [4.78, 5) is 11.8. The Kier molecular flexibility index (Phi) is 5.39. The van der Waals surface area contributed by atoms with Crippen molar-refractivity contribution in [3.63, 3.8) is 0 Å². The van der Waals surface area contributed by atoms with Crippen molar-refractivity contribution in [2.45, 2.75) is 18.6 Å². The second-order valence-electron chi connectivity index (χ2n) is 3.49. The van der Waals surface area contributed by atoms with Gasteiger partial charge in [0.1, 0.15) is 11.6 Å². The van der Waals surface area contributed by atoms with E-state index in [9.17, 15) is 18.0 Å². The first kappa shape index (κ1) is 16.3. The minimum atomic E-state index is -5.02. The van der Waals surface area contributed by atoms with Crippen molar-refractivity contribution in [2.75, 3.05) is 6.61 Å². The average Bonchev–Trinajstić information content (AvgIpc) is 2.36. The predicted octanol–water partition coefficient (Wildman–Crippen LogP) is 3.53. The molecule has 20 heavy (non-hydrogen) atoms. The van der Waals surface area contributed by atoms with E-state index in [0.29, 0.717) is 0 Å². The summed E-state index contributed by atoms with van der Waals surface area (Å²) in [7, 11) is 0. The summed E-state index contributed by atoms with van der Waals surface area (Å²) in [5.41, 5.74) is -0.558. The van der Waals surface area contributed by atoms with Crippen LogP contribution < -0.4 is 4.74 Å². The second-order valence-corrected chi connectivity index (χ2v) is 4.05. The molecule has 0 bridgehead atoms. The third-order valence-corrected chi connectivity index (χ3v) is 2.81. The summed E-state index contributed by atoms with van der Waals surface area (Å²) in [5, 5.41) is 8.97. The Hall–Kier alpha value is -1.75. The number of halogens is 4. The van der Waals surface area contributed by atoms with Gasteiger partial charge in [-0.1, -0.05) is 22.0 Å². The van der Waals surface area contributed by atoms with E-state index in [-0.39, 0.29) is 17.5 Å². The van der Waals surface area contributed by atoms with Crippen LogP contribution in [0.15, 0.2) is 12.1 Å². The zero-order chi connectivity index (χ0) is 15.3. The van der Waals surface area contributed by atoms with E-state index in [1.807, 2.05) is 0 Å². The fourth-order valence-electron chi connectivity index (χ4n) is 1.47. The summed E-state index contributed by atoms with van der Waals surface area (Å²) in [5.74, 6) is -1.81. The SMILES string of the molecule is CCOC(=O)c1c(CBr)ccc(C#N)c1OC(F)(F)F. The van der Waals surface area contributed by atoms with Crippen molar-refractivity contribution in [1.82, 2.24) is 0 Å². The molecule has 0 spiro atoms. The molecule has 0 aromatic heterocycles. The third-order valence-electron chi connectivity index (χ3n) is 2.21. The first-order valence-corrected chi connectivity index (χ1v) is 6.51. The van der Waals surface area contributed by atoms with Crippen molar-refractivity contribution < 1.29 is 27.4 Å². The lowest BCUT2D eigenvalue weighted by Crippen LogP contribution is -2.21. The Morgan fingerprint density at radius 3 is 2.55 bits per heavy atom. The van der Waals surface area contributed by atoms with E-state index >= 15 is 0 Å². The van der Waals surface area contributed by atoms with Crippen LogP contribution in [0.5, 0.6) is 5.75 Å². The molecule has 0 aliphatic rings. The first-order valence-electron chi connectivity index (χ1n) is 5.38. The van der Waals surface area contributed by atoms with E-state index < -0.39 is 29.2 Å². The van der Waals surface area contributed by atoms with Crippen molar-refractivity contribution >= 4 is 21.9 Å². The lowest BCUT2D eigenvalue weighted by atomic mass is 10.0. The molecule has 0 fully saturated rings. The number of rotatable bonds is 4. The van der Waals surface area contributed by atoms with Gasteiger partial charge in [-0.25, -0.2) is 4.79 Å². The van der Waals surface area contributed by atoms with Gasteiger partial charge in [0.05, 0.1) is 12.2 Å². The first-order chi connectivity index (χ1) is 9.34. The van der Waals surface area contributed by atoms with Crippen molar-refractivity contribution in [3.8, 4) is 11.8 Å². The molecule has 1 aromatic rings. The van der Waals surface area contributed by atoms with Crippen molar-refractivity contribution in [2.24, 2.45) is 0 Å². The molecule has 0 aliphatic carbocycles. The summed E-state index contributed by atoms with van der Waals surface area (Å²) in [6.45, 7) is 1.51. The Morgan fingerprint density at radius 1 is 1.45 bits per heavy atom. The van der Waals surface area contributed by atoms with Crippen LogP contribution in [0.2, 0.25) is 0 Å². The highest BCUT2D eigenvalue weighted by Crippen LogP contribution is 2.33. The molecule has 108 valence electrons. The van der Waals surface area contributed by atoms with Gasteiger partial charge in [-0.05, 0) is 18.6 Å². The summed E-state index contributed by atoms with van der Waals surface area (Å²) in [6, 6.07) is 4.08. The second kappa shape index (κ2) is 6.61. The van der Waals surface area contributed by atoms with Crippen LogP contribution in [0.25, 0.3) is 0 Å². The van der Waals surface area contributed by atoms with Gasteiger partial charge in [0, 0.05) is 5.33 Å². The number of nitriles is 1. The molecule has 4 nitrogen and oxygen atoms in total. The smallest absolute Gasteiger partial charge is 0.462 e. The Labute approximate surface area is 121 Å². The molecule has 0 radical (unpaired) electrons. The number of nitrogens with zero attached hydrogens (tertiary/aromatic N) is 1. The van der Waals surface area contributed by atoms with Gasteiger partial charge in [0.2, 0.25) is 0 Å². The molecule has 0 N–H and O–H groups in total. The van der Waals surface area contributed by atoms with Crippen LogP contribution in [0, 0.1) is 11.3 Å². The standard InChI is InChI=1S/C12H9BrF3NO3/c1-2-19-11(18)9-7(5-13)3-4-8(6-17)10(9)20-12(14,15)16/h3-4H,2,5H2,1H3. The molecule has 0 heterocycles. The molecular weight excluding hydrogens is 343 g/mol. The number of hydrogen-bond donors (Lipinski definition) is 0. The number of carbonyl (C=O) groups is 1. The van der Waals surface area contributed by atoms with E-state index in [1.165, 1.54) is 13.0 Å². The molecule has 0 amide bonds. The Bertz CT molecular complexity index is 552. The van der Waals surface area contributed by atoms with Gasteiger partial charge < -0.3 is 9.47 Å². The van der Waals surface area contributed by atoms with Crippen LogP contribution in [-0.4, -0.2) is 18.9 Å². The number of alkyl halides is 4. The zero-order valence-corrected chi connectivity index (χ0v) is 11.8. The topological polar surface area (TPSA) is 59.3 Å². The van der Waals surface area contributed by atoms with E-state index in [0.717, 1.165) is 6.07 Å². The number of benzene rings is 1. The highest BCUT2D eigenvalue weighted by atomic mass is 79.9. The molecule has 1 rings (SSSR count). The van der Waals surface area contributed by atoms with Crippen molar-refractivity contribution in [1.29, 1.82) is 5.26 Å². The largest absolute Gasteiger partial charge is 0.573 e. The lowest BCUT2D eigenvalue weighted by molar-refractivity contribution is -0.274. The van der Waals surface area contributed by atoms with Crippen molar-refractivity contribution in [3.05, 3.63) is 28.8 Å². The van der Waals surface area contributed by atoms with Gasteiger partial charge in [-0.3, -0.25) is 0 Å². The third kappa shape index (κ3) is 3.87. The highest BCUT2D eigenvalue weighted by molar-refractivity contribution is 9.08. The van der Waals surface area contributed by atoms with Crippen LogP contribution >= 0.6 is 15.9 Å². The van der Waals surface area contributed by atoms with Crippen LogP contribution in [-0.2, 0) is 10.1 Å². The average molecular weight is 352 g/mol. The molecule has 0 atom stereocenters. The summed E-state index contributed by atoms with van der Waals surface area (Å²) < 4.78 is 45.8. The van der Waals surface area contributed by atoms with Gasteiger partial charge in [0.25, 0.3) is 0 Å². The van der Waals surface area contributed by atoms with Gasteiger partial charge in [-0.15, -0.1) is 13.2 Å². The number of carbonyl (C=O) groups excluding carboxylic acids is 1. The maximum Gasteiger partial charge on any atom is 0.573 e. The molecule has 0 saturated heterocycles. The molecule has 0 saturated carbocycles. The minimum Gasteiger partial charge on any atom is -0.462 e. The van der Waals surface area contributed by atoms with Gasteiger partial charge in [0.15, 0.2) is 5.75 Å². The van der Waals surface area contributed by atoms with Crippen LogP contribution in [0.4, 0.5) is 13.2 Å². The van der Waals surface area contributed by atoms with Gasteiger partial charge in [-0.2, -0.15) is 5.26 Å². The number of ether oxygens (including phenoxy) is 2. The predicted molar refractivity (Wildman–Crippen MR) is 66.4 cm³/mol. The minimum absolute atomic E-state index is 0.0111. The molecule has 0 aliphatic heterocycles. The maximum absolute atomic E-state index is 12.4. The van der Waals surface area contributed by atoms with E-state index in [2.05, 4.69) is 20.7 Å². The Morgan fingerprint density at radius 2 is 2.10 bits per heavy atom. The van der Waals surface area contributed by atoms with Crippen LogP contribution in [0.1, 0.15) is 28.4 Å². The van der Waals surface area contributed by atoms with Gasteiger partial charge >= 0.3 is 12.3 Å². The fraction of sp³-hybridized carbons (Fsp3) is 0.333. The Balaban J connectivity index is 3.49. The molecule has 0 unspecified atom stereocenters. The fourth-order valence-corrected chi connectivity index (χ4v) is 1.94. The number of hydrogen-bond acceptors (Lipinski definition) is 4. The lowest BCUT2D eigenvalue weighted by Gasteiger charge is -2.16. The normalized spacial score (nSPS) is 10.8. The quantitative estimate of drug-likeness (QED) is 0.615. The monoisotopic (exact) mass is 351 g/mol. The molecular formula is C12H9BrF3NO3. The van der Waals surface area contributed by atoms with E-state index in [1.54, 1.807) is 6.07 Å². The maximum atomic E-state index is 12.4. The summed E-state index contributed by atoms with van der Waals surface area (Å²) >= 11 is 3.06. The zero-order valence-electron chi connectivity index (χ0n) is 10.3. The summed E-state index contributed by atoms with van der Waals surface area (Å²) in [6.07, 6.45) is -5.02. The molecule has 8 heteroatoms.